The lowest BCUT2D eigenvalue weighted by Crippen LogP contribution is -2.40. The van der Waals surface area contributed by atoms with E-state index in [2.05, 4.69) is 10.2 Å². The van der Waals surface area contributed by atoms with Gasteiger partial charge in [0.15, 0.2) is 9.84 Å². The van der Waals surface area contributed by atoms with Crippen LogP contribution in [0.4, 0.5) is 0 Å². The van der Waals surface area contributed by atoms with Crippen LogP contribution in [-0.2, 0) is 14.6 Å². The number of hydrogen-bond acceptors (Lipinski definition) is 5. The Labute approximate surface area is 104 Å². The zero-order valence-electron chi connectivity index (χ0n) is 10.7. The van der Waals surface area contributed by atoms with Crippen molar-refractivity contribution in [2.45, 2.75) is 13.3 Å². The largest absolute Gasteiger partial charge is 0.379 e. The van der Waals surface area contributed by atoms with E-state index in [1.165, 1.54) is 0 Å². The number of rotatable bonds is 8. The molecule has 1 rings (SSSR count). The highest BCUT2D eigenvalue weighted by atomic mass is 32.2. The van der Waals surface area contributed by atoms with Crippen LogP contribution in [-0.4, -0.2) is 70.8 Å². The highest BCUT2D eigenvalue weighted by molar-refractivity contribution is 7.91. The lowest BCUT2D eigenvalue weighted by molar-refractivity contribution is 0.0385. The summed E-state index contributed by atoms with van der Waals surface area (Å²) in [6.45, 7) is 7.86. The Balaban J connectivity index is 2.00. The maximum Gasteiger partial charge on any atom is 0.151 e. The fourth-order valence-corrected chi connectivity index (χ4v) is 3.11. The molecule has 0 aromatic carbocycles. The summed E-state index contributed by atoms with van der Waals surface area (Å²) in [6, 6.07) is 0. The molecule has 1 aliphatic heterocycles. The summed E-state index contributed by atoms with van der Waals surface area (Å²) < 4.78 is 28.1. The monoisotopic (exact) mass is 264 g/mol. The summed E-state index contributed by atoms with van der Waals surface area (Å²) in [7, 11) is -2.83. The lowest BCUT2D eigenvalue weighted by Gasteiger charge is -2.26. The van der Waals surface area contributed by atoms with Crippen molar-refractivity contribution < 1.29 is 13.2 Å². The molecular weight excluding hydrogens is 240 g/mol. The van der Waals surface area contributed by atoms with Gasteiger partial charge in [0.1, 0.15) is 0 Å². The van der Waals surface area contributed by atoms with Gasteiger partial charge < -0.3 is 10.1 Å². The minimum atomic E-state index is -2.83. The Kier molecular flexibility index (Phi) is 7.03. The molecule has 1 N–H and O–H groups in total. The van der Waals surface area contributed by atoms with Crippen molar-refractivity contribution >= 4 is 9.84 Å². The maximum absolute atomic E-state index is 11.4. The molecule has 0 unspecified atom stereocenters. The third-order valence-corrected chi connectivity index (χ3v) is 4.67. The molecule has 17 heavy (non-hydrogen) atoms. The number of nitrogens with zero attached hydrogens (tertiary/aromatic N) is 1. The van der Waals surface area contributed by atoms with Crippen molar-refractivity contribution in [3.63, 3.8) is 0 Å². The number of morpholine rings is 1. The predicted octanol–water partition coefficient (Wildman–Crippen LogP) is -0.267. The van der Waals surface area contributed by atoms with Crippen LogP contribution in [0.3, 0.4) is 0 Å². The topological polar surface area (TPSA) is 58.6 Å². The number of sulfone groups is 1. The van der Waals surface area contributed by atoms with Gasteiger partial charge in [-0.1, -0.05) is 6.92 Å². The van der Waals surface area contributed by atoms with E-state index in [4.69, 9.17) is 4.74 Å². The van der Waals surface area contributed by atoms with Gasteiger partial charge in [-0.05, 0) is 6.42 Å². The summed E-state index contributed by atoms with van der Waals surface area (Å²) >= 11 is 0. The Morgan fingerprint density at radius 3 is 2.53 bits per heavy atom. The molecule has 0 aliphatic carbocycles. The van der Waals surface area contributed by atoms with Gasteiger partial charge in [0.2, 0.25) is 0 Å². The van der Waals surface area contributed by atoms with Crippen molar-refractivity contribution in [1.29, 1.82) is 0 Å². The molecule has 6 heteroatoms. The van der Waals surface area contributed by atoms with Gasteiger partial charge in [0.25, 0.3) is 0 Å². The summed E-state index contributed by atoms with van der Waals surface area (Å²) in [5, 5.41) is 3.19. The first-order valence-electron chi connectivity index (χ1n) is 6.35. The summed E-state index contributed by atoms with van der Waals surface area (Å²) in [6.07, 6.45) is 0.704. The number of ether oxygens (including phenoxy) is 1. The standard InChI is InChI=1S/C11H24N2O3S/c1-2-10-17(14,15)11-4-12-3-5-13-6-8-16-9-7-13/h12H,2-11H2,1H3. The molecule has 5 nitrogen and oxygen atoms in total. The minimum absolute atomic E-state index is 0.254. The minimum Gasteiger partial charge on any atom is -0.379 e. The maximum atomic E-state index is 11.4. The van der Waals surface area contributed by atoms with Gasteiger partial charge in [-0.2, -0.15) is 0 Å². The number of hydrogen-bond donors (Lipinski definition) is 1. The second-order valence-corrected chi connectivity index (χ2v) is 6.66. The van der Waals surface area contributed by atoms with E-state index in [0.717, 1.165) is 39.4 Å². The Morgan fingerprint density at radius 2 is 1.88 bits per heavy atom. The molecule has 1 heterocycles. The smallest absolute Gasteiger partial charge is 0.151 e. The van der Waals surface area contributed by atoms with Gasteiger partial charge in [0, 0.05) is 38.5 Å². The first-order chi connectivity index (χ1) is 8.14. The third-order valence-electron chi connectivity index (χ3n) is 2.81. The zero-order chi connectivity index (χ0) is 12.6. The van der Waals surface area contributed by atoms with Crippen LogP contribution in [0, 0.1) is 0 Å². The van der Waals surface area contributed by atoms with Gasteiger partial charge >= 0.3 is 0 Å². The van der Waals surface area contributed by atoms with Crippen LogP contribution in [0.1, 0.15) is 13.3 Å². The Hall–Kier alpha value is -0.170. The Bertz CT molecular complexity index is 287. The van der Waals surface area contributed by atoms with E-state index in [9.17, 15) is 8.42 Å². The van der Waals surface area contributed by atoms with Crippen LogP contribution < -0.4 is 5.32 Å². The van der Waals surface area contributed by atoms with Crippen molar-refractivity contribution in [1.82, 2.24) is 10.2 Å². The van der Waals surface area contributed by atoms with E-state index in [1.807, 2.05) is 6.92 Å². The normalized spacial score (nSPS) is 18.4. The highest BCUT2D eigenvalue weighted by Gasteiger charge is 2.10. The zero-order valence-corrected chi connectivity index (χ0v) is 11.5. The van der Waals surface area contributed by atoms with E-state index >= 15 is 0 Å². The molecule has 1 aliphatic rings. The van der Waals surface area contributed by atoms with Gasteiger partial charge in [0.05, 0.1) is 19.0 Å². The SMILES string of the molecule is CCCS(=O)(=O)CCNCCN1CCOCC1. The molecular formula is C11H24N2O3S. The number of nitrogens with one attached hydrogen (secondary N) is 1. The van der Waals surface area contributed by atoms with Gasteiger partial charge in [-0.15, -0.1) is 0 Å². The molecule has 1 fully saturated rings. The molecule has 0 spiro atoms. The molecule has 102 valence electrons. The quantitative estimate of drug-likeness (QED) is 0.612. The van der Waals surface area contributed by atoms with Crippen LogP contribution in [0.15, 0.2) is 0 Å². The van der Waals surface area contributed by atoms with Gasteiger partial charge in [-0.3, -0.25) is 4.90 Å². The average Bonchev–Trinajstić information content (AvgIpc) is 2.30. The summed E-state index contributed by atoms with van der Waals surface area (Å²) in [5.74, 6) is 0.558. The fraction of sp³-hybridized carbons (Fsp3) is 1.00. The molecule has 1 saturated heterocycles. The molecule has 0 aromatic heterocycles. The summed E-state index contributed by atoms with van der Waals surface area (Å²) in [4.78, 5) is 2.33. The molecule has 0 atom stereocenters. The fourth-order valence-electron chi connectivity index (χ4n) is 1.83. The predicted molar refractivity (Wildman–Crippen MR) is 69.1 cm³/mol. The van der Waals surface area contributed by atoms with Crippen molar-refractivity contribution in [2.75, 3.05) is 57.4 Å². The van der Waals surface area contributed by atoms with Crippen LogP contribution in [0.2, 0.25) is 0 Å². The van der Waals surface area contributed by atoms with Gasteiger partial charge in [-0.25, -0.2) is 8.42 Å². The highest BCUT2D eigenvalue weighted by Crippen LogP contribution is 1.95. The van der Waals surface area contributed by atoms with Crippen LogP contribution in [0.25, 0.3) is 0 Å². The summed E-state index contributed by atoms with van der Waals surface area (Å²) in [5.41, 5.74) is 0. The van der Waals surface area contributed by atoms with E-state index in [0.29, 0.717) is 18.7 Å². The lowest BCUT2D eigenvalue weighted by atomic mass is 10.4. The first-order valence-corrected chi connectivity index (χ1v) is 8.17. The van der Waals surface area contributed by atoms with E-state index < -0.39 is 9.84 Å². The van der Waals surface area contributed by atoms with E-state index in [-0.39, 0.29) is 5.75 Å². The molecule has 0 saturated carbocycles. The average molecular weight is 264 g/mol. The van der Waals surface area contributed by atoms with Crippen LogP contribution in [0.5, 0.6) is 0 Å². The van der Waals surface area contributed by atoms with Crippen LogP contribution >= 0.6 is 0 Å². The second-order valence-electron chi connectivity index (χ2n) is 4.36. The van der Waals surface area contributed by atoms with Crippen molar-refractivity contribution in [3.8, 4) is 0 Å². The molecule has 0 radical (unpaired) electrons. The van der Waals surface area contributed by atoms with Crippen molar-refractivity contribution in [3.05, 3.63) is 0 Å². The van der Waals surface area contributed by atoms with Crippen molar-refractivity contribution in [2.24, 2.45) is 0 Å². The second kappa shape index (κ2) is 8.02. The molecule has 0 bridgehead atoms. The van der Waals surface area contributed by atoms with E-state index in [1.54, 1.807) is 0 Å². The third kappa shape index (κ3) is 6.98. The first kappa shape index (κ1) is 14.9. The Morgan fingerprint density at radius 1 is 1.18 bits per heavy atom. The molecule has 0 amide bonds. The molecule has 0 aromatic rings.